The van der Waals surface area contributed by atoms with Crippen LogP contribution in [0.5, 0.6) is 0 Å². The van der Waals surface area contributed by atoms with E-state index < -0.39 is 0 Å². The lowest BCUT2D eigenvalue weighted by Gasteiger charge is -2.39. The summed E-state index contributed by atoms with van der Waals surface area (Å²) in [6.45, 7) is 5.10. The standard InChI is InChI=1S/C16H24N4O2/c1-4-5-6-14-15(21)19(3)9-10-20(14)16(22)18-13-8-7-12(2)17-11-13/h7-8,11,14H,4-6,9-10H2,1-3H3,(H,18,22)/t14-/m1/s1. The molecular formula is C16H24N4O2. The maximum absolute atomic E-state index is 12.5. The third kappa shape index (κ3) is 3.75. The lowest BCUT2D eigenvalue weighted by atomic mass is 10.0. The lowest BCUT2D eigenvalue weighted by molar-refractivity contribution is -0.138. The van der Waals surface area contributed by atoms with E-state index in [4.69, 9.17) is 0 Å². The number of rotatable bonds is 4. The van der Waals surface area contributed by atoms with Crippen LogP contribution in [-0.2, 0) is 4.79 Å². The van der Waals surface area contributed by atoms with Gasteiger partial charge in [0.1, 0.15) is 6.04 Å². The number of aromatic nitrogens is 1. The number of piperazine rings is 1. The number of pyridine rings is 1. The van der Waals surface area contributed by atoms with Crippen molar-refractivity contribution >= 4 is 17.6 Å². The average Bonchev–Trinajstić information content (AvgIpc) is 2.51. The molecule has 1 aromatic rings. The van der Waals surface area contributed by atoms with Crippen molar-refractivity contribution in [3.05, 3.63) is 24.0 Å². The van der Waals surface area contributed by atoms with Crippen molar-refractivity contribution in [1.82, 2.24) is 14.8 Å². The van der Waals surface area contributed by atoms with Gasteiger partial charge in [-0.3, -0.25) is 9.78 Å². The van der Waals surface area contributed by atoms with Crippen LogP contribution >= 0.6 is 0 Å². The molecule has 22 heavy (non-hydrogen) atoms. The molecule has 0 aliphatic carbocycles. The van der Waals surface area contributed by atoms with Crippen molar-refractivity contribution in [3.63, 3.8) is 0 Å². The molecule has 6 nitrogen and oxygen atoms in total. The maximum Gasteiger partial charge on any atom is 0.322 e. The normalized spacial score (nSPS) is 18.5. The molecule has 120 valence electrons. The van der Waals surface area contributed by atoms with Crippen LogP contribution in [-0.4, -0.2) is 52.9 Å². The molecule has 1 N–H and O–H groups in total. The Kier molecular flexibility index (Phi) is 5.35. The molecule has 2 heterocycles. The molecule has 1 fully saturated rings. The van der Waals surface area contributed by atoms with E-state index in [1.54, 1.807) is 23.0 Å². The van der Waals surface area contributed by atoms with Gasteiger partial charge in [0.15, 0.2) is 0 Å². The van der Waals surface area contributed by atoms with Gasteiger partial charge < -0.3 is 15.1 Å². The average molecular weight is 304 g/mol. The van der Waals surface area contributed by atoms with E-state index in [2.05, 4.69) is 17.2 Å². The molecular weight excluding hydrogens is 280 g/mol. The molecule has 0 unspecified atom stereocenters. The molecule has 1 atom stereocenters. The summed E-state index contributed by atoms with van der Waals surface area (Å²) >= 11 is 0. The molecule has 1 aromatic heterocycles. The number of nitrogens with zero attached hydrogens (tertiary/aromatic N) is 3. The minimum Gasteiger partial charge on any atom is -0.342 e. The van der Waals surface area contributed by atoms with Crippen LogP contribution < -0.4 is 5.32 Å². The number of aryl methyl sites for hydroxylation is 1. The van der Waals surface area contributed by atoms with Crippen molar-refractivity contribution in [2.24, 2.45) is 0 Å². The molecule has 0 aromatic carbocycles. The number of urea groups is 1. The highest BCUT2D eigenvalue weighted by molar-refractivity contribution is 5.94. The van der Waals surface area contributed by atoms with Gasteiger partial charge in [-0.25, -0.2) is 4.79 Å². The molecule has 6 heteroatoms. The van der Waals surface area contributed by atoms with Crippen molar-refractivity contribution in [2.75, 3.05) is 25.5 Å². The fraction of sp³-hybridized carbons (Fsp3) is 0.562. The van der Waals surface area contributed by atoms with E-state index in [0.29, 0.717) is 25.2 Å². The fourth-order valence-electron chi connectivity index (χ4n) is 2.57. The van der Waals surface area contributed by atoms with Gasteiger partial charge >= 0.3 is 6.03 Å². The van der Waals surface area contributed by atoms with Crippen molar-refractivity contribution in [2.45, 2.75) is 39.2 Å². The van der Waals surface area contributed by atoms with E-state index in [1.165, 1.54) is 0 Å². The fourth-order valence-corrected chi connectivity index (χ4v) is 2.57. The Morgan fingerprint density at radius 3 is 2.82 bits per heavy atom. The second kappa shape index (κ2) is 7.24. The number of anilines is 1. The number of likely N-dealkylation sites (N-methyl/N-ethyl adjacent to an activating group) is 1. The number of carbonyl (C=O) groups is 2. The van der Waals surface area contributed by atoms with E-state index in [-0.39, 0.29) is 18.0 Å². The largest absolute Gasteiger partial charge is 0.342 e. The van der Waals surface area contributed by atoms with Crippen molar-refractivity contribution in [1.29, 1.82) is 0 Å². The van der Waals surface area contributed by atoms with Gasteiger partial charge in [-0.15, -0.1) is 0 Å². The van der Waals surface area contributed by atoms with E-state index in [0.717, 1.165) is 18.5 Å². The zero-order valence-corrected chi connectivity index (χ0v) is 13.5. The first kappa shape index (κ1) is 16.3. The Bertz CT molecular complexity index is 529. The van der Waals surface area contributed by atoms with Gasteiger partial charge in [-0.1, -0.05) is 19.8 Å². The first-order chi connectivity index (χ1) is 10.5. The van der Waals surface area contributed by atoms with Crippen molar-refractivity contribution < 1.29 is 9.59 Å². The molecule has 1 saturated heterocycles. The van der Waals surface area contributed by atoms with Gasteiger partial charge in [0.25, 0.3) is 0 Å². The zero-order chi connectivity index (χ0) is 16.1. The van der Waals surface area contributed by atoms with Crippen LogP contribution in [0.1, 0.15) is 31.9 Å². The SMILES string of the molecule is CCCC[C@@H]1C(=O)N(C)CCN1C(=O)Nc1ccc(C)nc1. The van der Waals surface area contributed by atoms with Gasteiger partial charge in [-0.2, -0.15) is 0 Å². The summed E-state index contributed by atoms with van der Waals surface area (Å²) in [6.07, 6.45) is 4.27. The molecule has 0 radical (unpaired) electrons. The minimum atomic E-state index is -0.364. The second-order valence-electron chi connectivity index (χ2n) is 5.73. The van der Waals surface area contributed by atoms with Gasteiger partial charge in [0.2, 0.25) is 5.91 Å². The van der Waals surface area contributed by atoms with Crippen LogP contribution in [0.25, 0.3) is 0 Å². The number of unbranched alkanes of at least 4 members (excludes halogenated alkanes) is 1. The van der Waals surface area contributed by atoms with Gasteiger partial charge in [-0.05, 0) is 25.5 Å². The van der Waals surface area contributed by atoms with Crippen LogP contribution in [0, 0.1) is 6.92 Å². The lowest BCUT2D eigenvalue weighted by Crippen LogP contribution is -2.58. The summed E-state index contributed by atoms with van der Waals surface area (Å²) < 4.78 is 0. The summed E-state index contributed by atoms with van der Waals surface area (Å²) in [6, 6.07) is 3.07. The highest BCUT2D eigenvalue weighted by atomic mass is 16.2. The van der Waals surface area contributed by atoms with E-state index in [1.807, 2.05) is 19.1 Å². The molecule has 1 aliphatic heterocycles. The predicted octanol–water partition coefficient (Wildman–Crippen LogP) is 2.25. The quantitative estimate of drug-likeness (QED) is 0.928. The monoisotopic (exact) mass is 304 g/mol. The molecule has 2 rings (SSSR count). The number of nitrogens with one attached hydrogen (secondary N) is 1. The van der Waals surface area contributed by atoms with Crippen molar-refractivity contribution in [3.8, 4) is 0 Å². The predicted molar refractivity (Wildman–Crippen MR) is 85.6 cm³/mol. The smallest absolute Gasteiger partial charge is 0.322 e. The van der Waals surface area contributed by atoms with Crippen LogP contribution in [0.2, 0.25) is 0 Å². The van der Waals surface area contributed by atoms with E-state index >= 15 is 0 Å². The Morgan fingerprint density at radius 2 is 2.18 bits per heavy atom. The highest BCUT2D eigenvalue weighted by Gasteiger charge is 2.35. The Balaban J connectivity index is 2.07. The Hall–Kier alpha value is -2.11. The van der Waals surface area contributed by atoms with Crippen LogP contribution in [0.3, 0.4) is 0 Å². The number of carbonyl (C=O) groups excluding carboxylic acids is 2. The Labute approximate surface area is 131 Å². The molecule has 0 spiro atoms. The highest BCUT2D eigenvalue weighted by Crippen LogP contribution is 2.18. The number of hydrogen-bond donors (Lipinski definition) is 1. The number of hydrogen-bond acceptors (Lipinski definition) is 3. The summed E-state index contributed by atoms with van der Waals surface area (Å²) in [4.78, 5) is 32.4. The first-order valence-electron chi connectivity index (χ1n) is 7.78. The summed E-state index contributed by atoms with van der Waals surface area (Å²) in [5.41, 5.74) is 1.55. The first-order valence-corrected chi connectivity index (χ1v) is 7.78. The minimum absolute atomic E-state index is 0.0249. The molecule has 0 saturated carbocycles. The zero-order valence-electron chi connectivity index (χ0n) is 13.5. The molecule has 0 bridgehead atoms. The summed E-state index contributed by atoms with van der Waals surface area (Å²) in [5.74, 6) is 0.0249. The van der Waals surface area contributed by atoms with Crippen LogP contribution in [0.15, 0.2) is 18.3 Å². The molecule has 3 amide bonds. The third-order valence-corrected chi connectivity index (χ3v) is 3.97. The van der Waals surface area contributed by atoms with Crippen LogP contribution in [0.4, 0.5) is 10.5 Å². The summed E-state index contributed by atoms with van der Waals surface area (Å²) in [5, 5.41) is 2.83. The number of amides is 3. The second-order valence-corrected chi connectivity index (χ2v) is 5.73. The molecule has 1 aliphatic rings. The Morgan fingerprint density at radius 1 is 1.41 bits per heavy atom. The van der Waals surface area contributed by atoms with Gasteiger partial charge in [0, 0.05) is 25.8 Å². The topological polar surface area (TPSA) is 65.5 Å². The maximum atomic E-state index is 12.5. The van der Waals surface area contributed by atoms with E-state index in [9.17, 15) is 9.59 Å². The van der Waals surface area contributed by atoms with Gasteiger partial charge in [0.05, 0.1) is 11.9 Å². The summed E-state index contributed by atoms with van der Waals surface area (Å²) in [7, 11) is 1.79. The third-order valence-electron chi connectivity index (χ3n) is 3.97.